The SMILES string of the molecule is NC(CCCCCCS(=O)(=O)CCc1ccccc1)Cc1ccc(O)c2[nH]c(=O)sc12. The normalized spacial score (nSPS) is 12.9. The fraction of sp³-hybridized carbons (Fsp3) is 0.435. The molecule has 0 aliphatic rings. The number of phenolic OH excluding ortho intramolecular Hbond substituents is 1. The highest BCUT2D eigenvalue weighted by Gasteiger charge is 2.13. The number of fused-ring (bicyclic) bond motifs is 1. The Labute approximate surface area is 187 Å². The molecule has 3 aromatic rings. The van der Waals surface area contributed by atoms with E-state index in [0.717, 1.165) is 52.8 Å². The van der Waals surface area contributed by atoms with Gasteiger partial charge in [-0.25, -0.2) is 8.42 Å². The average molecular weight is 463 g/mol. The number of sulfone groups is 1. The Morgan fingerprint density at radius 1 is 1.00 bits per heavy atom. The molecule has 31 heavy (non-hydrogen) atoms. The van der Waals surface area contributed by atoms with Crippen molar-refractivity contribution in [3.8, 4) is 5.75 Å². The van der Waals surface area contributed by atoms with E-state index in [0.29, 0.717) is 24.8 Å². The van der Waals surface area contributed by atoms with Crippen LogP contribution in [0.2, 0.25) is 0 Å². The number of hydrogen-bond donors (Lipinski definition) is 3. The zero-order chi connectivity index (χ0) is 22.3. The van der Waals surface area contributed by atoms with Gasteiger partial charge in [-0.2, -0.15) is 0 Å². The number of aromatic nitrogens is 1. The van der Waals surface area contributed by atoms with Crippen molar-refractivity contribution in [2.75, 3.05) is 11.5 Å². The molecule has 2 aromatic carbocycles. The van der Waals surface area contributed by atoms with Crippen molar-refractivity contribution in [1.29, 1.82) is 0 Å². The molecule has 4 N–H and O–H groups in total. The summed E-state index contributed by atoms with van der Waals surface area (Å²) in [5.41, 5.74) is 8.78. The molecule has 6 nitrogen and oxygen atoms in total. The van der Waals surface area contributed by atoms with E-state index in [-0.39, 0.29) is 28.2 Å². The lowest BCUT2D eigenvalue weighted by molar-refractivity contribution is 0.480. The number of nitrogens with two attached hydrogens (primary N) is 1. The second-order valence-corrected chi connectivity index (χ2v) is 11.3. The van der Waals surface area contributed by atoms with Gasteiger partial charge in [0.2, 0.25) is 0 Å². The van der Waals surface area contributed by atoms with Crippen molar-refractivity contribution in [3.05, 3.63) is 63.3 Å². The zero-order valence-corrected chi connectivity index (χ0v) is 19.2. The summed E-state index contributed by atoms with van der Waals surface area (Å²) in [5.74, 6) is 0.516. The van der Waals surface area contributed by atoms with E-state index >= 15 is 0 Å². The van der Waals surface area contributed by atoms with E-state index in [9.17, 15) is 18.3 Å². The standard InChI is InChI=1S/C23H30N2O4S2/c24-19(16-18-11-12-20(26)21-22(18)30-23(27)25-21)10-6-1-2-7-14-31(28,29)15-13-17-8-4-3-5-9-17/h3-5,8-9,11-12,19,26H,1-2,6-7,10,13-16,24H2,(H,25,27). The van der Waals surface area contributed by atoms with E-state index < -0.39 is 9.84 Å². The first-order chi connectivity index (χ1) is 14.8. The lowest BCUT2D eigenvalue weighted by Gasteiger charge is -2.12. The summed E-state index contributed by atoms with van der Waals surface area (Å²) in [7, 11) is -3.02. The highest BCUT2D eigenvalue weighted by Crippen LogP contribution is 2.28. The van der Waals surface area contributed by atoms with Crippen LogP contribution in [0, 0.1) is 0 Å². The number of thiazole rings is 1. The Hall–Kier alpha value is -2.16. The van der Waals surface area contributed by atoms with Gasteiger partial charge in [0.15, 0.2) is 9.84 Å². The molecule has 1 atom stereocenters. The van der Waals surface area contributed by atoms with E-state index in [2.05, 4.69) is 4.98 Å². The molecule has 0 radical (unpaired) electrons. The lowest BCUT2D eigenvalue weighted by Crippen LogP contribution is -2.22. The van der Waals surface area contributed by atoms with Crippen LogP contribution < -0.4 is 10.6 Å². The van der Waals surface area contributed by atoms with Gasteiger partial charge in [-0.3, -0.25) is 4.79 Å². The van der Waals surface area contributed by atoms with Crippen LogP contribution in [-0.2, 0) is 22.7 Å². The number of aromatic amines is 1. The zero-order valence-electron chi connectivity index (χ0n) is 17.5. The average Bonchev–Trinajstić information content (AvgIpc) is 3.15. The van der Waals surface area contributed by atoms with Crippen molar-refractivity contribution in [2.45, 2.75) is 51.0 Å². The van der Waals surface area contributed by atoms with Crippen LogP contribution in [0.3, 0.4) is 0 Å². The van der Waals surface area contributed by atoms with Crippen molar-refractivity contribution < 1.29 is 13.5 Å². The highest BCUT2D eigenvalue weighted by molar-refractivity contribution is 7.91. The third kappa shape index (κ3) is 7.19. The molecular formula is C23H30N2O4S2. The molecular weight excluding hydrogens is 432 g/mol. The van der Waals surface area contributed by atoms with Crippen LogP contribution >= 0.6 is 11.3 Å². The van der Waals surface area contributed by atoms with Gasteiger partial charge < -0.3 is 15.8 Å². The molecule has 0 aliphatic heterocycles. The Kier molecular flexibility index (Phi) is 8.28. The minimum atomic E-state index is -3.02. The van der Waals surface area contributed by atoms with Crippen LogP contribution in [0.4, 0.5) is 0 Å². The molecule has 0 amide bonds. The number of nitrogens with one attached hydrogen (secondary N) is 1. The molecule has 0 bridgehead atoms. The van der Waals surface area contributed by atoms with Crippen LogP contribution in [0.15, 0.2) is 47.3 Å². The maximum Gasteiger partial charge on any atom is 0.305 e. The summed E-state index contributed by atoms with van der Waals surface area (Å²) in [5, 5.41) is 9.88. The molecule has 8 heteroatoms. The summed E-state index contributed by atoms with van der Waals surface area (Å²) in [6, 6.07) is 13.1. The smallest absolute Gasteiger partial charge is 0.305 e. The Morgan fingerprint density at radius 2 is 1.74 bits per heavy atom. The van der Waals surface area contributed by atoms with Gasteiger partial charge >= 0.3 is 4.87 Å². The summed E-state index contributed by atoms with van der Waals surface area (Å²) in [4.78, 5) is 14.1. The number of aromatic hydroxyl groups is 1. The van der Waals surface area contributed by atoms with Crippen molar-refractivity contribution in [3.63, 3.8) is 0 Å². The minimum Gasteiger partial charge on any atom is -0.506 e. The first-order valence-electron chi connectivity index (χ1n) is 10.7. The summed E-state index contributed by atoms with van der Waals surface area (Å²) >= 11 is 1.09. The maximum atomic E-state index is 12.2. The fourth-order valence-corrected chi connectivity index (χ4v) is 5.99. The van der Waals surface area contributed by atoms with Crippen LogP contribution in [0.25, 0.3) is 10.2 Å². The largest absolute Gasteiger partial charge is 0.506 e. The number of aryl methyl sites for hydroxylation is 1. The Morgan fingerprint density at radius 3 is 2.52 bits per heavy atom. The molecule has 0 saturated heterocycles. The van der Waals surface area contributed by atoms with Gasteiger partial charge in [0, 0.05) is 6.04 Å². The van der Waals surface area contributed by atoms with Gasteiger partial charge in [0.1, 0.15) is 11.3 Å². The van der Waals surface area contributed by atoms with E-state index in [1.807, 2.05) is 36.4 Å². The van der Waals surface area contributed by atoms with E-state index in [1.165, 1.54) is 0 Å². The first kappa shape index (κ1) is 23.5. The number of benzene rings is 2. The van der Waals surface area contributed by atoms with Crippen LogP contribution in [-0.4, -0.2) is 36.1 Å². The number of rotatable bonds is 12. The van der Waals surface area contributed by atoms with Crippen LogP contribution in [0.1, 0.15) is 43.2 Å². The Balaban J connectivity index is 1.34. The molecule has 3 rings (SSSR count). The van der Waals surface area contributed by atoms with Crippen molar-refractivity contribution in [2.24, 2.45) is 5.73 Å². The van der Waals surface area contributed by atoms with Crippen molar-refractivity contribution >= 4 is 31.4 Å². The number of phenols is 1. The van der Waals surface area contributed by atoms with Gasteiger partial charge in [-0.05, 0) is 42.9 Å². The predicted octanol–water partition coefficient (Wildman–Crippen LogP) is 3.77. The van der Waals surface area contributed by atoms with Gasteiger partial charge in [0.05, 0.1) is 16.2 Å². The van der Waals surface area contributed by atoms with Gasteiger partial charge in [0.25, 0.3) is 0 Å². The number of unbranched alkanes of at least 4 members (excludes halogenated alkanes) is 3. The third-order valence-electron chi connectivity index (χ3n) is 5.45. The second-order valence-electron chi connectivity index (χ2n) is 8.02. The summed E-state index contributed by atoms with van der Waals surface area (Å²) in [6.45, 7) is 0. The number of hydrogen-bond acceptors (Lipinski definition) is 6. The van der Waals surface area contributed by atoms with Gasteiger partial charge in [-0.15, -0.1) is 0 Å². The molecule has 0 saturated carbocycles. The molecule has 0 aliphatic carbocycles. The molecule has 1 heterocycles. The molecule has 1 aromatic heterocycles. The fourth-order valence-electron chi connectivity index (χ4n) is 3.72. The predicted molar refractivity (Wildman–Crippen MR) is 128 cm³/mol. The van der Waals surface area contributed by atoms with Gasteiger partial charge in [-0.1, -0.05) is 67.0 Å². The van der Waals surface area contributed by atoms with Crippen LogP contribution in [0.5, 0.6) is 5.75 Å². The van der Waals surface area contributed by atoms with Crippen molar-refractivity contribution in [1.82, 2.24) is 4.98 Å². The third-order valence-corrected chi connectivity index (χ3v) is 8.14. The summed E-state index contributed by atoms with van der Waals surface area (Å²) in [6.07, 6.45) is 5.49. The topological polar surface area (TPSA) is 113 Å². The summed E-state index contributed by atoms with van der Waals surface area (Å²) < 4.78 is 25.2. The minimum absolute atomic E-state index is 0.0421. The molecule has 0 spiro atoms. The quantitative estimate of drug-likeness (QED) is 0.355. The maximum absolute atomic E-state index is 12.2. The molecule has 1 unspecified atom stereocenters. The molecule has 0 fully saturated rings. The first-order valence-corrected chi connectivity index (χ1v) is 13.3. The highest BCUT2D eigenvalue weighted by atomic mass is 32.2. The number of H-pyrrole nitrogens is 1. The molecule has 168 valence electrons. The van der Waals surface area contributed by atoms with E-state index in [4.69, 9.17) is 5.73 Å². The Bertz CT molecular complexity index is 1140. The van der Waals surface area contributed by atoms with E-state index in [1.54, 1.807) is 6.07 Å². The monoisotopic (exact) mass is 462 g/mol. The second kappa shape index (κ2) is 10.9. The lowest BCUT2D eigenvalue weighted by atomic mass is 10.0.